The Balaban J connectivity index is 2.58. The van der Waals surface area contributed by atoms with E-state index in [0.29, 0.717) is 17.3 Å². The van der Waals surface area contributed by atoms with Gasteiger partial charge >= 0.3 is 11.6 Å². The number of fused-ring (bicyclic) bond motifs is 1. The van der Waals surface area contributed by atoms with Gasteiger partial charge in [0.25, 0.3) is 0 Å². The largest absolute Gasteiger partial charge is 0.388 e. The second-order valence-electron chi connectivity index (χ2n) is 3.61. The van der Waals surface area contributed by atoms with Crippen molar-refractivity contribution >= 4 is 22.8 Å². The first-order chi connectivity index (χ1) is 8.13. The summed E-state index contributed by atoms with van der Waals surface area (Å²) in [6, 6.07) is 6.89. The topological polar surface area (TPSA) is 63.4 Å². The first kappa shape index (κ1) is 11.3. The summed E-state index contributed by atoms with van der Waals surface area (Å²) in [7, 11) is 1.53. The van der Waals surface area contributed by atoms with Crippen LogP contribution in [0.25, 0.3) is 10.9 Å². The van der Waals surface area contributed by atoms with Crippen LogP contribution in [0.1, 0.15) is 13.3 Å². The number of rotatable bonds is 2. The molecule has 0 radical (unpaired) electrons. The lowest BCUT2D eigenvalue weighted by molar-refractivity contribution is -0.118. The van der Waals surface area contributed by atoms with Gasteiger partial charge in [0, 0.05) is 13.5 Å². The van der Waals surface area contributed by atoms with Gasteiger partial charge in [-0.1, -0.05) is 19.1 Å². The highest BCUT2D eigenvalue weighted by molar-refractivity contribution is 5.91. The lowest BCUT2D eigenvalue weighted by Crippen LogP contribution is -2.27. The highest BCUT2D eigenvalue weighted by Crippen LogP contribution is 2.13. The highest BCUT2D eigenvalue weighted by Gasteiger charge is 2.14. The van der Waals surface area contributed by atoms with Crippen molar-refractivity contribution in [1.82, 2.24) is 4.98 Å². The SMILES string of the molecule is CCC(=O)N(C)c1nc2ccccc2c(=O)o1. The molecule has 1 heterocycles. The molecule has 0 N–H and O–H groups in total. The second kappa shape index (κ2) is 4.37. The van der Waals surface area contributed by atoms with Crippen LogP contribution in [0.2, 0.25) is 0 Å². The number of hydrogen-bond acceptors (Lipinski definition) is 4. The van der Waals surface area contributed by atoms with Crippen LogP contribution in [0.4, 0.5) is 6.01 Å². The zero-order valence-electron chi connectivity index (χ0n) is 9.64. The predicted molar refractivity (Wildman–Crippen MR) is 64.0 cm³/mol. The number of carbonyl (C=O) groups excluding carboxylic acids is 1. The molecule has 0 bridgehead atoms. The number of nitrogens with zero attached hydrogens (tertiary/aromatic N) is 2. The lowest BCUT2D eigenvalue weighted by Gasteiger charge is -2.12. The van der Waals surface area contributed by atoms with E-state index in [9.17, 15) is 9.59 Å². The standard InChI is InChI=1S/C12H12N2O3/c1-3-10(15)14(2)12-13-9-7-5-4-6-8(9)11(16)17-12/h4-7H,3H2,1-2H3. The molecule has 0 spiro atoms. The van der Waals surface area contributed by atoms with Gasteiger partial charge in [0.15, 0.2) is 0 Å². The summed E-state index contributed by atoms with van der Waals surface area (Å²) in [5, 5.41) is 0.411. The van der Waals surface area contributed by atoms with Crippen LogP contribution >= 0.6 is 0 Å². The predicted octanol–water partition coefficient (Wildman–Crippen LogP) is 1.56. The Morgan fingerprint density at radius 2 is 2.12 bits per heavy atom. The van der Waals surface area contributed by atoms with Crippen LogP contribution in [-0.2, 0) is 4.79 Å². The molecule has 1 aromatic carbocycles. The monoisotopic (exact) mass is 232 g/mol. The van der Waals surface area contributed by atoms with Gasteiger partial charge in [0.05, 0.1) is 10.9 Å². The normalized spacial score (nSPS) is 10.5. The van der Waals surface area contributed by atoms with Crippen molar-refractivity contribution in [3.63, 3.8) is 0 Å². The average Bonchev–Trinajstić information content (AvgIpc) is 2.37. The summed E-state index contributed by atoms with van der Waals surface area (Å²) in [6.45, 7) is 1.73. The summed E-state index contributed by atoms with van der Waals surface area (Å²) in [6.07, 6.45) is 0.328. The molecule has 1 aromatic heterocycles. The quantitative estimate of drug-likeness (QED) is 0.788. The Morgan fingerprint density at radius 3 is 2.82 bits per heavy atom. The zero-order valence-corrected chi connectivity index (χ0v) is 9.64. The third-order valence-electron chi connectivity index (χ3n) is 2.49. The maximum Gasteiger partial charge on any atom is 0.348 e. The van der Waals surface area contributed by atoms with Crippen LogP contribution < -0.4 is 10.5 Å². The van der Waals surface area contributed by atoms with E-state index in [2.05, 4.69) is 4.98 Å². The number of amides is 1. The van der Waals surface area contributed by atoms with E-state index >= 15 is 0 Å². The fourth-order valence-corrected chi connectivity index (χ4v) is 1.49. The van der Waals surface area contributed by atoms with Crippen LogP contribution in [0, 0.1) is 0 Å². The summed E-state index contributed by atoms with van der Waals surface area (Å²) in [5.41, 5.74) is 0.0378. The molecule has 2 rings (SSSR count). The van der Waals surface area contributed by atoms with E-state index in [-0.39, 0.29) is 11.9 Å². The minimum absolute atomic E-state index is 0.0283. The van der Waals surface area contributed by atoms with Gasteiger partial charge in [-0.25, -0.2) is 4.79 Å². The summed E-state index contributed by atoms with van der Waals surface area (Å²) in [5.74, 6) is -0.157. The van der Waals surface area contributed by atoms with Crippen molar-refractivity contribution in [3.05, 3.63) is 34.7 Å². The van der Waals surface area contributed by atoms with Gasteiger partial charge in [-0.3, -0.25) is 9.69 Å². The summed E-state index contributed by atoms with van der Waals surface area (Å²) >= 11 is 0. The first-order valence-electron chi connectivity index (χ1n) is 5.30. The Morgan fingerprint density at radius 1 is 1.41 bits per heavy atom. The number of para-hydroxylation sites is 1. The number of carbonyl (C=O) groups is 1. The van der Waals surface area contributed by atoms with E-state index in [1.807, 2.05) is 0 Å². The van der Waals surface area contributed by atoms with Crippen LogP contribution in [-0.4, -0.2) is 17.9 Å². The van der Waals surface area contributed by atoms with Crippen molar-refractivity contribution in [1.29, 1.82) is 0 Å². The maximum atomic E-state index is 11.7. The van der Waals surface area contributed by atoms with Crippen molar-refractivity contribution < 1.29 is 9.21 Å². The molecule has 0 saturated heterocycles. The third kappa shape index (κ3) is 2.04. The Labute approximate surface area is 97.7 Å². The Hall–Kier alpha value is -2.17. The van der Waals surface area contributed by atoms with Gasteiger partial charge in [0.1, 0.15) is 0 Å². The van der Waals surface area contributed by atoms with Crippen molar-refractivity contribution in [2.24, 2.45) is 0 Å². The number of benzene rings is 1. The van der Waals surface area contributed by atoms with E-state index in [4.69, 9.17) is 4.42 Å². The molecule has 0 unspecified atom stereocenters. The number of hydrogen-bond donors (Lipinski definition) is 0. The third-order valence-corrected chi connectivity index (χ3v) is 2.49. The zero-order chi connectivity index (χ0) is 12.4. The summed E-state index contributed by atoms with van der Waals surface area (Å²) < 4.78 is 5.01. The molecule has 0 saturated carbocycles. The van der Waals surface area contributed by atoms with Gasteiger partial charge in [-0.2, -0.15) is 4.98 Å². The van der Waals surface area contributed by atoms with Crippen molar-refractivity contribution in [2.45, 2.75) is 13.3 Å². The molecule has 1 amide bonds. The van der Waals surface area contributed by atoms with Gasteiger partial charge in [-0.05, 0) is 12.1 Å². The van der Waals surface area contributed by atoms with E-state index in [1.54, 1.807) is 31.2 Å². The van der Waals surface area contributed by atoms with Gasteiger partial charge in [0.2, 0.25) is 5.91 Å². The van der Waals surface area contributed by atoms with E-state index in [1.165, 1.54) is 11.9 Å². The van der Waals surface area contributed by atoms with E-state index < -0.39 is 5.63 Å². The van der Waals surface area contributed by atoms with Gasteiger partial charge in [-0.15, -0.1) is 0 Å². The fraction of sp³-hybridized carbons (Fsp3) is 0.250. The maximum absolute atomic E-state index is 11.7. The molecule has 17 heavy (non-hydrogen) atoms. The number of aromatic nitrogens is 1. The Kier molecular flexibility index (Phi) is 2.91. The fourth-order valence-electron chi connectivity index (χ4n) is 1.49. The minimum Gasteiger partial charge on any atom is -0.388 e. The average molecular weight is 232 g/mol. The molecule has 5 nitrogen and oxygen atoms in total. The minimum atomic E-state index is -0.485. The molecule has 0 atom stereocenters. The molecule has 0 aliphatic rings. The molecule has 88 valence electrons. The molecule has 0 aliphatic heterocycles. The lowest BCUT2D eigenvalue weighted by atomic mass is 10.2. The molecule has 5 heteroatoms. The summed E-state index contributed by atoms with van der Waals surface area (Å²) in [4.78, 5) is 28.5. The first-order valence-corrected chi connectivity index (χ1v) is 5.30. The van der Waals surface area contributed by atoms with Gasteiger partial charge < -0.3 is 4.42 Å². The second-order valence-corrected chi connectivity index (χ2v) is 3.61. The molecule has 0 aliphatic carbocycles. The van der Waals surface area contributed by atoms with Crippen LogP contribution in [0.5, 0.6) is 0 Å². The Bertz CT molecular complexity index is 618. The highest BCUT2D eigenvalue weighted by atomic mass is 16.4. The molecular weight excluding hydrogens is 220 g/mol. The van der Waals surface area contributed by atoms with E-state index in [0.717, 1.165) is 0 Å². The van der Waals surface area contributed by atoms with Crippen molar-refractivity contribution in [2.75, 3.05) is 11.9 Å². The molecule has 0 fully saturated rings. The van der Waals surface area contributed by atoms with Crippen LogP contribution in [0.3, 0.4) is 0 Å². The smallest absolute Gasteiger partial charge is 0.348 e. The molecule has 2 aromatic rings. The molecular formula is C12H12N2O3. The van der Waals surface area contributed by atoms with Crippen molar-refractivity contribution in [3.8, 4) is 0 Å². The number of anilines is 1. The van der Waals surface area contributed by atoms with Crippen LogP contribution in [0.15, 0.2) is 33.5 Å².